The van der Waals surface area contributed by atoms with Gasteiger partial charge in [0.2, 0.25) is 0 Å². The van der Waals surface area contributed by atoms with Crippen LogP contribution in [-0.2, 0) is 52.2 Å². The highest BCUT2D eigenvalue weighted by atomic mass is 16.7. The lowest BCUT2D eigenvalue weighted by atomic mass is 9.99. The first-order valence-corrected chi connectivity index (χ1v) is 21.3. The summed E-state index contributed by atoms with van der Waals surface area (Å²) >= 11 is 0. The molecule has 1 fully saturated rings. The number of methoxy groups -OCH3 is 4. The van der Waals surface area contributed by atoms with Gasteiger partial charge in [0.25, 0.3) is 0 Å². The Bertz CT molecular complexity index is 788. The Balaban J connectivity index is 2.49. The van der Waals surface area contributed by atoms with Crippen molar-refractivity contribution in [3.05, 3.63) is 0 Å². The van der Waals surface area contributed by atoms with Gasteiger partial charge in [0.05, 0.1) is 43.2 Å². The minimum Gasteiger partial charge on any atom is -0.466 e. The maximum absolute atomic E-state index is 11.8. The minimum absolute atomic E-state index is 0.0133. The Kier molecular flexibility index (Phi) is 34.7. The van der Waals surface area contributed by atoms with Crippen LogP contribution in [0.4, 0.5) is 0 Å². The van der Waals surface area contributed by atoms with Gasteiger partial charge >= 0.3 is 5.97 Å². The normalized spacial score (nSPS) is 18.3. The quantitative estimate of drug-likeness (QED) is 0.0338. The molecule has 1 aliphatic heterocycles. The lowest BCUT2D eigenvalue weighted by Crippen LogP contribution is -2.34. The van der Waals surface area contributed by atoms with Gasteiger partial charge in [-0.25, -0.2) is 0 Å². The van der Waals surface area contributed by atoms with E-state index >= 15 is 0 Å². The maximum Gasteiger partial charge on any atom is 0.305 e. The number of ether oxygens (including phenoxy) is 10. The van der Waals surface area contributed by atoms with Crippen molar-refractivity contribution < 1.29 is 52.2 Å². The Labute approximate surface area is 324 Å². The first-order chi connectivity index (χ1) is 26.0. The molecule has 0 aromatic carbocycles. The zero-order valence-corrected chi connectivity index (χ0v) is 35.0. The van der Waals surface area contributed by atoms with Crippen molar-refractivity contribution in [1.82, 2.24) is 0 Å². The molecule has 0 unspecified atom stereocenters. The minimum atomic E-state index is -0.177. The highest BCUT2D eigenvalue weighted by Crippen LogP contribution is 2.31. The third-order valence-corrected chi connectivity index (χ3v) is 10.2. The second-order valence-corrected chi connectivity index (χ2v) is 14.6. The highest BCUT2D eigenvalue weighted by Gasteiger charge is 2.36. The van der Waals surface area contributed by atoms with E-state index in [0.29, 0.717) is 33.0 Å². The summed E-state index contributed by atoms with van der Waals surface area (Å²) in [6.45, 7) is 5.58. The zero-order chi connectivity index (χ0) is 38.6. The number of carbonyl (C=O) groups excluding carboxylic acids is 1. The molecule has 1 heterocycles. The van der Waals surface area contributed by atoms with Crippen molar-refractivity contribution in [2.45, 2.75) is 205 Å². The van der Waals surface area contributed by atoms with E-state index in [1.807, 2.05) is 6.92 Å². The van der Waals surface area contributed by atoms with E-state index in [2.05, 4.69) is 6.92 Å². The molecule has 0 radical (unpaired) electrons. The number of carbonyl (C=O) groups is 1. The molecule has 0 amide bonds. The molecule has 11 heteroatoms. The van der Waals surface area contributed by atoms with E-state index in [4.69, 9.17) is 47.4 Å². The molecule has 53 heavy (non-hydrogen) atoms. The van der Waals surface area contributed by atoms with Gasteiger partial charge in [-0.15, -0.1) is 0 Å². The Morgan fingerprint density at radius 2 is 0.887 bits per heavy atom. The number of hydrogen-bond acceptors (Lipinski definition) is 11. The van der Waals surface area contributed by atoms with E-state index in [9.17, 15) is 4.79 Å². The van der Waals surface area contributed by atoms with Crippen LogP contribution in [0.1, 0.15) is 168 Å². The first kappa shape index (κ1) is 50.1. The number of rotatable bonds is 40. The van der Waals surface area contributed by atoms with Crippen molar-refractivity contribution in [2.75, 3.05) is 62.2 Å². The molecule has 0 aromatic rings. The SMILES string of the molecule is CCCCCCCCCCCC[C@@H](OCOC)[C@H]1CC[C@H]([C@@H](CCCC[C@@H](CCCCC[C@H](CCC(=O)OCC)OCOC)OCOC)OCOC)O1. The van der Waals surface area contributed by atoms with Crippen LogP contribution in [0.2, 0.25) is 0 Å². The Hall–Kier alpha value is -0.890. The van der Waals surface area contributed by atoms with Crippen LogP contribution < -0.4 is 0 Å². The summed E-state index contributed by atoms with van der Waals surface area (Å²) in [6.07, 6.45) is 26.4. The smallest absolute Gasteiger partial charge is 0.305 e. The van der Waals surface area contributed by atoms with Gasteiger partial charge in [0, 0.05) is 34.9 Å². The molecule has 0 aliphatic carbocycles. The van der Waals surface area contributed by atoms with Gasteiger partial charge in [0.15, 0.2) is 0 Å². The van der Waals surface area contributed by atoms with Crippen molar-refractivity contribution in [1.29, 1.82) is 0 Å². The monoisotopic (exact) mass is 763 g/mol. The van der Waals surface area contributed by atoms with Crippen LogP contribution in [0, 0.1) is 0 Å². The topological polar surface area (TPSA) is 109 Å². The highest BCUT2D eigenvalue weighted by molar-refractivity contribution is 5.69. The first-order valence-electron chi connectivity index (χ1n) is 21.3. The van der Waals surface area contributed by atoms with Gasteiger partial charge in [0.1, 0.15) is 27.2 Å². The average Bonchev–Trinajstić information content (AvgIpc) is 3.65. The molecule has 0 saturated carbocycles. The van der Waals surface area contributed by atoms with E-state index < -0.39 is 0 Å². The molecule has 6 atom stereocenters. The van der Waals surface area contributed by atoms with Crippen LogP contribution in [-0.4, -0.2) is 105 Å². The molecule has 1 rings (SSSR count). The van der Waals surface area contributed by atoms with E-state index in [1.54, 1.807) is 28.4 Å². The van der Waals surface area contributed by atoms with Gasteiger partial charge in [-0.2, -0.15) is 0 Å². The second kappa shape index (κ2) is 36.7. The van der Waals surface area contributed by atoms with Crippen molar-refractivity contribution >= 4 is 5.97 Å². The molecule has 11 nitrogen and oxygen atoms in total. The summed E-state index contributed by atoms with van der Waals surface area (Å²) < 4.78 is 56.9. The van der Waals surface area contributed by atoms with E-state index in [1.165, 1.54) is 57.8 Å². The molecule has 0 bridgehead atoms. The fourth-order valence-corrected chi connectivity index (χ4v) is 7.23. The molecule has 0 spiro atoms. The molecule has 316 valence electrons. The average molecular weight is 763 g/mol. The standard InChI is InChI=1S/C42H82O11/c1-7-9-10-11-12-13-14-15-16-20-26-38(51-34-46-5)40-29-30-41(53-40)39(52-35-47-6)27-22-21-25-36(49-32-44-3)23-18-17-19-24-37(50-33-45-4)28-31-42(43)48-8-2/h36-41H,7-35H2,1-6H3/t36-,37-,38-,39-,40-,41-/m1/s1. The lowest BCUT2D eigenvalue weighted by molar-refractivity contribution is -0.159. The van der Waals surface area contributed by atoms with Crippen LogP contribution in [0.3, 0.4) is 0 Å². The number of hydrogen-bond donors (Lipinski definition) is 0. The third kappa shape index (κ3) is 27.4. The van der Waals surface area contributed by atoms with Crippen LogP contribution in [0.25, 0.3) is 0 Å². The molecule has 1 aliphatic rings. The molecular weight excluding hydrogens is 680 g/mol. The van der Waals surface area contributed by atoms with E-state index in [0.717, 1.165) is 83.5 Å². The van der Waals surface area contributed by atoms with Gasteiger partial charge in [-0.3, -0.25) is 4.79 Å². The van der Waals surface area contributed by atoms with Gasteiger partial charge in [-0.1, -0.05) is 103 Å². The third-order valence-electron chi connectivity index (χ3n) is 10.2. The Morgan fingerprint density at radius 3 is 1.36 bits per heavy atom. The summed E-state index contributed by atoms with van der Waals surface area (Å²) in [5.74, 6) is -0.177. The maximum atomic E-state index is 11.8. The molecular formula is C42H82O11. The zero-order valence-electron chi connectivity index (χ0n) is 35.0. The van der Waals surface area contributed by atoms with Gasteiger partial charge < -0.3 is 47.4 Å². The number of esters is 1. The van der Waals surface area contributed by atoms with Crippen LogP contribution in [0.5, 0.6) is 0 Å². The van der Waals surface area contributed by atoms with Crippen LogP contribution in [0.15, 0.2) is 0 Å². The second-order valence-electron chi connectivity index (χ2n) is 14.6. The molecule has 1 saturated heterocycles. The predicted octanol–water partition coefficient (Wildman–Crippen LogP) is 9.66. The van der Waals surface area contributed by atoms with Crippen molar-refractivity contribution in [3.8, 4) is 0 Å². The number of unbranched alkanes of at least 4 members (excludes halogenated alkanes) is 12. The van der Waals surface area contributed by atoms with Crippen molar-refractivity contribution in [3.63, 3.8) is 0 Å². The fourth-order valence-electron chi connectivity index (χ4n) is 7.23. The van der Waals surface area contributed by atoms with Crippen molar-refractivity contribution in [2.24, 2.45) is 0 Å². The summed E-state index contributed by atoms with van der Waals surface area (Å²) in [7, 11) is 6.64. The molecule has 0 aromatic heterocycles. The van der Waals surface area contributed by atoms with Crippen LogP contribution >= 0.6 is 0 Å². The fraction of sp³-hybridized carbons (Fsp3) is 0.976. The predicted molar refractivity (Wildman–Crippen MR) is 209 cm³/mol. The summed E-state index contributed by atoms with van der Waals surface area (Å²) in [4.78, 5) is 11.8. The summed E-state index contributed by atoms with van der Waals surface area (Å²) in [6, 6.07) is 0. The Morgan fingerprint density at radius 1 is 0.509 bits per heavy atom. The summed E-state index contributed by atoms with van der Waals surface area (Å²) in [5, 5.41) is 0. The molecule has 0 N–H and O–H groups in total. The van der Waals surface area contributed by atoms with E-state index in [-0.39, 0.29) is 56.2 Å². The van der Waals surface area contributed by atoms with Gasteiger partial charge in [-0.05, 0) is 58.3 Å². The summed E-state index contributed by atoms with van der Waals surface area (Å²) in [5.41, 5.74) is 0. The lowest BCUT2D eigenvalue weighted by Gasteiger charge is -2.27. The largest absolute Gasteiger partial charge is 0.466 e.